The van der Waals surface area contributed by atoms with Gasteiger partial charge in [-0.3, -0.25) is 9.36 Å². The van der Waals surface area contributed by atoms with Gasteiger partial charge >= 0.3 is 0 Å². The molecule has 0 spiro atoms. The van der Waals surface area contributed by atoms with Crippen LogP contribution in [-0.2, 0) is 13.2 Å². The fraction of sp³-hybridized carbons (Fsp3) is 0.136. The molecule has 4 rings (SSSR count). The highest BCUT2D eigenvalue weighted by Gasteiger charge is 2.20. The molecule has 1 aromatic carbocycles. The van der Waals surface area contributed by atoms with E-state index in [9.17, 15) is 9.18 Å². The number of thiophene rings is 2. The van der Waals surface area contributed by atoms with Gasteiger partial charge in [-0.1, -0.05) is 6.07 Å². The van der Waals surface area contributed by atoms with Gasteiger partial charge in [0.05, 0.1) is 0 Å². The van der Waals surface area contributed by atoms with Crippen LogP contribution in [0.25, 0.3) is 5.69 Å². The zero-order chi connectivity index (χ0) is 21.1. The maximum Gasteiger partial charge on any atom is 0.273 e. The van der Waals surface area contributed by atoms with Crippen LogP contribution >= 0.6 is 38.6 Å². The number of halogens is 2. The second-order valence-electron chi connectivity index (χ2n) is 6.53. The fourth-order valence-corrected chi connectivity index (χ4v) is 4.68. The number of hydrogen-bond acceptors (Lipinski definition) is 5. The first kappa shape index (κ1) is 20.8. The molecule has 0 atom stereocenters. The van der Waals surface area contributed by atoms with Gasteiger partial charge in [0.15, 0.2) is 5.82 Å². The Labute approximate surface area is 189 Å². The summed E-state index contributed by atoms with van der Waals surface area (Å²) in [5.74, 6) is 0.170. The summed E-state index contributed by atoms with van der Waals surface area (Å²) in [5.41, 5.74) is 2.21. The van der Waals surface area contributed by atoms with E-state index >= 15 is 0 Å². The van der Waals surface area contributed by atoms with Gasteiger partial charge in [0.2, 0.25) is 0 Å². The van der Waals surface area contributed by atoms with Gasteiger partial charge in [0.1, 0.15) is 34.9 Å². The Morgan fingerprint density at radius 1 is 1.00 bits per heavy atom. The van der Waals surface area contributed by atoms with Crippen LogP contribution in [0.4, 0.5) is 4.39 Å². The number of hydrogen-bond donors (Lipinski definition) is 0. The van der Waals surface area contributed by atoms with Crippen LogP contribution in [0.2, 0.25) is 0 Å². The fourth-order valence-electron chi connectivity index (χ4n) is 2.97. The lowest BCUT2D eigenvalue weighted by Crippen LogP contribution is -2.23. The van der Waals surface area contributed by atoms with Crippen molar-refractivity contribution in [3.8, 4) is 17.2 Å². The number of aryl methyl sites for hydroxylation is 1. The van der Waals surface area contributed by atoms with E-state index in [1.807, 2.05) is 33.7 Å². The molecule has 0 saturated heterocycles. The number of rotatable bonds is 7. The summed E-state index contributed by atoms with van der Waals surface area (Å²) >= 11 is 6.47. The molecule has 4 aromatic rings. The monoisotopic (exact) mass is 505 g/mol. The Morgan fingerprint density at radius 2 is 1.63 bits per heavy atom. The normalized spacial score (nSPS) is 10.9. The maximum absolute atomic E-state index is 14.8. The highest BCUT2D eigenvalue weighted by Crippen LogP contribution is 2.30. The standard InChI is InChI=1S/C22H17BrFNO3S2/c1-14-9-19(28-11-16-6-8-30-13-16)20(23)22(26)25(14)21-17(24)3-2-4-18(21)27-10-15-5-7-29-12-15/h2-9,12-13H,10-11H2,1H3. The Balaban J connectivity index is 1.70. The van der Waals surface area contributed by atoms with Crippen molar-refractivity contribution in [2.75, 3.05) is 0 Å². The van der Waals surface area contributed by atoms with Gasteiger partial charge in [-0.2, -0.15) is 22.7 Å². The van der Waals surface area contributed by atoms with E-state index in [2.05, 4.69) is 15.9 Å². The summed E-state index contributed by atoms with van der Waals surface area (Å²) in [6.07, 6.45) is 0. The minimum atomic E-state index is -0.540. The minimum Gasteiger partial charge on any atom is -0.487 e. The minimum absolute atomic E-state index is 0.0836. The SMILES string of the molecule is Cc1cc(OCc2ccsc2)c(Br)c(=O)n1-c1c(F)cccc1OCc1ccsc1. The van der Waals surface area contributed by atoms with Gasteiger partial charge in [-0.15, -0.1) is 0 Å². The van der Waals surface area contributed by atoms with Gasteiger partial charge < -0.3 is 9.47 Å². The van der Waals surface area contributed by atoms with Gasteiger partial charge in [-0.05, 0) is 79.8 Å². The molecule has 4 nitrogen and oxygen atoms in total. The molecule has 3 aromatic heterocycles. The highest BCUT2D eigenvalue weighted by atomic mass is 79.9. The molecular weight excluding hydrogens is 489 g/mol. The molecule has 3 heterocycles. The summed E-state index contributed by atoms with van der Waals surface area (Å²) in [4.78, 5) is 13.1. The number of pyridine rings is 1. The van der Waals surface area contributed by atoms with Gasteiger partial charge in [0, 0.05) is 11.8 Å². The second kappa shape index (κ2) is 9.16. The maximum atomic E-state index is 14.8. The molecule has 0 aliphatic carbocycles. The second-order valence-corrected chi connectivity index (χ2v) is 8.88. The van der Waals surface area contributed by atoms with Crippen molar-refractivity contribution in [3.63, 3.8) is 0 Å². The van der Waals surface area contributed by atoms with E-state index in [4.69, 9.17) is 9.47 Å². The average molecular weight is 506 g/mol. The van der Waals surface area contributed by atoms with Crippen LogP contribution in [0, 0.1) is 12.7 Å². The molecule has 0 unspecified atom stereocenters. The van der Waals surface area contributed by atoms with Crippen molar-refractivity contribution in [2.24, 2.45) is 0 Å². The van der Waals surface area contributed by atoms with Crippen LogP contribution in [0.1, 0.15) is 16.8 Å². The molecule has 0 bridgehead atoms. The van der Waals surface area contributed by atoms with Crippen LogP contribution in [0.15, 0.2) is 67.2 Å². The van der Waals surface area contributed by atoms with Crippen LogP contribution < -0.4 is 15.0 Å². The van der Waals surface area contributed by atoms with E-state index in [1.54, 1.807) is 47.8 Å². The van der Waals surface area contributed by atoms with Crippen molar-refractivity contribution in [1.29, 1.82) is 0 Å². The molecule has 0 amide bonds. The lowest BCUT2D eigenvalue weighted by atomic mass is 10.2. The van der Waals surface area contributed by atoms with Crippen LogP contribution in [0.5, 0.6) is 11.5 Å². The van der Waals surface area contributed by atoms with Crippen LogP contribution in [-0.4, -0.2) is 4.57 Å². The van der Waals surface area contributed by atoms with Crippen molar-refractivity contribution >= 4 is 38.6 Å². The van der Waals surface area contributed by atoms with E-state index < -0.39 is 11.4 Å². The Morgan fingerprint density at radius 3 is 2.23 bits per heavy atom. The smallest absolute Gasteiger partial charge is 0.273 e. The number of benzene rings is 1. The number of aromatic nitrogens is 1. The Hall–Kier alpha value is -2.42. The van der Waals surface area contributed by atoms with E-state index in [0.717, 1.165) is 11.1 Å². The molecular formula is C22H17BrFNO3S2. The third-order valence-corrected chi connectivity index (χ3v) is 6.62. The highest BCUT2D eigenvalue weighted by molar-refractivity contribution is 9.10. The molecule has 0 fully saturated rings. The third-order valence-electron chi connectivity index (χ3n) is 4.42. The van der Waals surface area contributed by atoms with E-state index in [-0.39, 0.29) is 16.8 Å². The quantitative estimate of drug-likeness (QED) is 0.294. The summed E-state index contributed by atoms with van der Waals surface area (Å²) in [7, 11) is 0. The summed E-state index contributed by atoms with van der Waals surface area (Å²) in [6, 6.07) is 10.2. The van der Waals surface area contributed by atoms with Crippen LogP contribution in [0.3, 0.4) is 0 Å². The zero-order valence-corrected chi connectivity index (χ0v) is 19.2. The average Bonchev–Trinajstić information content (AvgIpc) is 3.43. The van der Waals surface area contributed by atoms with Crippen molar-refractivity contribution in [2.45, 2.75) is 20.1 Å². The number of nitrogens with zero attached hydrogens (tertiary/aromatic N) is 1. The molecule has 0 saturated carbocycles. The first-order valence-electron chi connectivity index (χ1n) is 9.03. The zero-order valence-electron chi connectivity index (χ0n) is 15.9. The topological polar surface area (TPSA) is 40.5 Å². The lowest BCUT2D eigenvalue weighted by molar-refractivity contribution is 0.300. The number of ether oxygens (including phenoxy) is 2. The Kier molecular flexibility index (Phi) is 6.36. The van der Waals surface area contributed by atoms with Crippen molar-refractivity contribution in [3.05, 3.63) is 95.4 Å². The van der Waals surface area contributed by atoms with Crippen molar-refractivity contribution in [1.82, 2.24) is 4.57 Å². The largest absolute Gasteiger partial charge is 0.487 e. The summed E-state index contributed by atoms with van der Waals surface area (Å²) < 4.78 is 28.1. The van der Waals surface area contributed by atoms with Crippen molar-refractivity contribution < 1.29 is 13.9 Å². The first-order chi connectivity index (χ1) is 14.5. The first-order valence-corrected chi connectivity index (χ1v) is 11.7. The third kappa shape index (κ3) is 4.35. The summed E-state index contributed by atoms with van der Waals surface area (Å²) in [6.45, 7) is 2.37. The molecule has 8 heteroatoms. The number of para-hydroxylation sites is 1. The molecule has 30 heavy (non-hydrogen) atoms. The summed E-state index contributed by atoms with van der Waals surface area (Å²) in [5, 5.41) is 7.86. The molecule has 0 radical (unpaired) electrons. The molecule has 0 aliphatic heterocycles. The van der Waals surface area contributed by atoms with E-state index in [0.29, 0.717) is 23.8 Å². The Bertz CT molecular complexity index is 1200. The molecule has 154 valence electrons. The van der Waals surface area contributed by atoms with E-state index in [1.165, 1.54) is 10.6 Å². The predicted octanol–water partition coefficient (Wildman–Crippen LogP) is 6.33. The molecule has 0 N–H and O–H groups in total. The predicted molar refractivity (Wildman–Crippen MR) is 122 cm³/mol. The molecule has 0 aliphatic rings. The lowest BCUT2D eigenvalue weighted by Gasteiger charge is -2.18. The van der Waals surface area contributed by atoms with Gasteiger partial charge in [0.25, 0.3) is 5.56 Å². The van der Waals surface area contributed by atoms with Gasteiger partial charge in [-0.25, -0.2) is 4.39 Å².